The Kier molecular flexibility index (Phi) is 5.62. The Morgan fingerprint density at radius 2 is 1.78 bits per heavy atom. The van der Waals surface area contributed by atoms with Crippen LogP contribution in [0.15, 0.2) is 30.3 Å². The fourth-order valence-electron chi connectivity index (χ4n) is 1.69. The van der Waals surface area contributed by atoms with Crippen molar-refractivity contribution >= 4 is 0 Å². The Morgan fingerprint density at radius 3 is 2.28 bits per heavy atom. The lowest BCUT2D eigenvalue weighted by molar-refractivity contribution is -0.140. The normalized spacial score (nSPS) is 13.9. The van der Waals surface area contributed by atoms with Gasteiger partial charge in [-0.1, -0.05) is 30.3 Å². The Morgan fingerprint density at radius 1 is 1.17 bits per heavy atom. The van der Waals surface area contributed by atoms with Crippen LogP contribution in [0.2, 0.25) is 0 Å². The Hall–Kier alpha value is -1.07. The molecule has 1 unspecified atom stereocenters. The SMILES string of the molecule is CN(C)CCNC(CC(F)(F)F)c1ccccc1. The number of hydrogen-bond acceptors (Lipinski definition) is 2. The van der Waals surface area contributed by atoms with Gasteiger partial charge in [-0.25, -0.2) is 0 Å². The van der Waals surface area contributed by atoms with Crippen molar-refractivity contribution in [1.82, 2.24) is 10.2 Å². The van der Waals surface area contributed by atoms with Crippen LogP contribution >= 0.6 is 0 Å². The average molecular weight is 260 g/mol. The summed E-state index contributed by atoms with van der Waals surface area (Å²) >= 11 is 0. The third-order valence-corrected chi connectivity index (χ3v) is 2.59. The standard InChI is InChI=1S/C13H19F3N2/c1-18(2)9-8-17-12(10-13(14,15)16)11-6-4-3-5-7-11/h3-7,12,17H,8-10H2,1-2H3. The summed E-state index contributed by atoms with van der Waals surface area (Å²) in [6.45, 7) is 1.24. The van der Waals surface area contributed by atoms with Crippen molar-refractivity contribution in [2.75, 3.05) is 27.2 Å². The molecule has 0 spiro atoms. The molecule has 1 rings (SSSR count). The van der Waals surface area contributed by atoms with Crippen LogP contribution in [0.3, 0.4) is 0 Å². The molecule has 0 bridgehead atoms. The topological polar surface area (TPSA) is 15.3 Å². The molecule has 0 aliphatic heterocycles. The number of nitrogens with zero attached hydrogens (tertiary/aromatic N) is 1. The molecule has 1 N–H and O–H groups in total. The van der Waals surface area contributed by atoms with Crippen molar-refractivity contribution in [2.24, 2.45) is 0 Å². The molecule has 0 saturated heterocycles. The molecule has 1 aromatic carbocycles. The van der Waals surface area contributed by atoms with E-state index in [4.69, 9.17) is 0 Å². The van der Waals surface area contributed by atoms with Gasteiger partial charge in [0.2, 0.25) is 0 Å². The minimum atomic E-state index is -4.16. The summed E-state index contributed by atoms with van der Waals surface area (Å²) in [5, 5.41) is 2.96. The minimum Gasteiger partial charge on any atom is -0.308 e. The van der Waals surface area contributed by atoms with Crippen molar-refractivity contribution in [3.05, 3.63) is 35.9 Å². The molecule has 1 aromatic rings. The van der Waals surface area contributed by atoms with Gasteiger partial charge in [-0.2, -0.15) is 13.2 Å². The number of halogens is 3. The van der Waals surface area contributed by atoms with Gasteiger partial charge in [0.05, 0.1) is 6.42 Å². The summed E-state index contributed by atoms with van der Waals surface area (Å²) in [5.41, 5.74) is 0.675. The molecule has 5 heteroatoms. The Labute approximate surface area is 106 Å². The van der Waals surface area contributed by atoms with E-state index >= 15 is 0 Å². The lowest BCUT2D eigenvalue weighted by Crippen LogP contribution is -2.32. The highest BCUT2D eigenvalue weighted by Crippen LogP contribution is 2.29. The number of alkyl halides is 3. The van der Waals surface area contributed by atoms with Crippen LogP contribution in [0.4, 0.5) is 13.2 Å². The summed E-state index contributed by atoms with van der Waals surface area (Å²) in [6, 6.07) is 8.08. The molecular formula is C13H19F3N2. The highest BCUT2D eigenvalue weighted by atomic mass is 19.4. The smallest absolute Gasteiger partial charge is 0.308 e. The quantitative estimate of drug-likeness (QED) is 0.846. The van der Waals surface area contributed by atoms with Crippen molar-refractivity contribution in [3.8, 4) is 0 Å². The van der Waals surface area contributed by atoms with Gasteiger partial charge in [0.1, 0.15) is 0 Å². The predicted molar refractivity (Wildman–Crippen MR) is 66.4 cm³/mol. The first-order valence-corrected chi connectivity index (χ1v) is 5.88. The van der Waals surface area contributed by atoms with Gasteiger partial charge in [-0.15, -0.1) is 0 Å². The number of hydrogen-bond donors (Lipinski definition) is 1. The molecule has 2 nitrogen and oxygen atoms in total. The maximum Gasteiger partial charge on any atom is 0.390 e. The molecule has 0 amide bonds. The van der Waals surface area contributed by atoms with Gasteiger partial charge in [0.15, 0.2) is 0 Å². The molecule has 1 atom stereocenters. The fraction of sp³-hybridized carbons (Fsp3) is 0.538. The number of nitrogens with one attached hydrogen (secondary N) is 1. The van der Waals surface area contributed by atoms with Crippen molar-refractivity contribution < 1.29 is 13.2 Å². The molecule has 0 aromatic heterocycles. The fourth-order valence-corrected chi connectivity index (χ4v) is 1.69. The van der Waals surface area contributed by atoms with E-state index in [9.17, 15) is 13.2 Å². The zero-order chi connectivity index (χ0) is 13.6. The van der Waals surface area contributed by atoms with Crippen LogP contribution in [0.1, 0.15) is 18.0 Å². The molecule has 18 heavy (non-hydrogen) atoms. The maximum absolute atomic E-state index is 12.5. The maximum atomic E-state index is 12.5. The van der Waals surface area contributed by atoms with Gasteiger partial charge in [0.25, 0.3) is 0 Å². The van der Waals surface area contributed by atoms with Crippen LogP contribution in [0.25, 0.3) is 0 Å². The second-order valence-electron chi connectivity index (χ2n) is 4.54. The second kappa shape index (κ2) is 6.75. The number of rotatable bonds is 6. The van der Waals surface area contributed by atoms with E-state index in [1.807, 2.05) is 19.0 Å². The highest BCUT2D eigenvalue weighted by Gasteiger charge is 2.32. The third kappa shape index (κ3) is 6.02. The molecule has 0 aliphatic carbocycles. The first kappa shape index (κ1) is 15.0. The molecule has 0 fully saturated rings. The van der Waals surface area contributed by atoms with Crippen LogP contribution in [0, 0.1) is 0 Å². The van der Waals surface area contributed by atoms with Crippen LogP contribution in [-0.2, 0) is 0 Å². The van der Waals surface area contributed by atoms with Crippen molar-refractivity contribution in [1.29, 1.82) is 0 Å². The first-order chi connectivity index (χ1) is 8.38. The van der Waals surface area contributed by atoms with Crippen LogP contribution in [-0.4, -0.2) is 38.3 Å². The van der Waals surface area contributed by atoms with Crippen molar-refractivity contribution in [2.45, 2.75) is 18.6 Å². The summed E-state index contributed by atoms with van der Waals surface area (Å²) in [7, 11) is 3.78. The van der Waals surface area contributed by atoms with Gasteiger partial charge in [-0.3, -0.25) is 0 Å². The monoisotopic (exact) mass is 260 g/mol. The van der Waals surface area contributed by atoms with Gasteiger partial charge in [-0.05, 0) is 19.7 Å². The Bertz CT molecular complexity index is 336. The van der Waals surface area contributed by atoms with Gasteiger partial charge >= 0.3 is 6.18 Å². The summed E-state index contributed by atoms with van der Waals surface area (Å²) in [6.07, 6.45) is -5.00. The molecule has 0 aliphatic rings. The predicted octanol–water partition coefficient (Wildman–Crippen LogP) is 2.83. The van der Waals surface area contributed by atoms with E-state index in [2.05, 4.69) is 5.32 Å². The highest BCUT2D eigenvalue weighted by molar-refractivity contribution is 5.19. The van der Waals surface area contributed by atoms with Crippen molar-refractivity contribution in [3.63, 3.8) is 0 Å². The number of benzene rings is 1. The third-order valence-electron chi connectivity index (χ3n) is 2.59. The molecular weight excluding hydrogens is 241 g/mol. The van der Waals surface area contributed by atoms with E-state index in [0.29, 0.717) is 18.7 Å². The molecule has 102 valence electrons. The first-order valence-electron chi connectivity index (χ1n) is 5.88. The summed E-state index contributed by atoms with van der Waals surface area (Å²) in [5.74, 6) is 0. The minimum absolute atomic E-state index is 0.530. The van der Waals surface area contributed by atoms with E-state index in [1.165, 1.54) is 0 Å². The second-order valence-corrected chi connectivity index (χ2v) is 4.54. The average Bonchev–Trinajstić information content (AvgIpc) is 2.27. The lowest BCUT2D eigenvalue weighted by atomic mass is 10.0. The van der Waals surface area contributed by atoms with Crippen LogP contribution in [0.5, 0.6) is 0 Å². The van der Waals surface area contributed by atoms with E-state index in [1.54, 1.807) is 30.3 Å². The lowest BCUT2D eigenvalue weighted by Gasteiger charge is -2.21. The van der Waals surface area contributed by atoms with E-state index in [0.717, 1.165) is 0 Å². The van der Waals surface area contributed by atoms with E-state index in [-0.39, 0.29) is 0 Å². The van der Waals surface area contributed by atoms with E-state index < -0.39 is 18.6 Å². The molecule has 0 radical (unpaired) electrons. The van der Waals surface area contributed by atoms with Gasteiger partial charge < -0.3 is 10.2 Å². The molecule has 0 saturated carbocycles. The van der Waals surface area contributed by atoms with Crippen LogP contribution < -0.4 is 5.32 Å². The largest absolute Gasteiger partial charge is 0.390 e. The number of likely N-dealkylation sites (N-methyl/N-ethyl adjacent to an activating group) is 1. The summed E-state index contributed by atoms with van der Waals surface area (Å²) < 4.78 is 37.6. The Balaban J connectivity index is 2.64. The molecule has 0 heterocycles. The zero-order valence-corrected chi connectivity index (χ0v) is 10.7. The van der Waals surface area contributed by atoms with Gasteiger partial charge in [0, 0.05) is 19.1 Å². The zero-order valence-electron chi connectivity index (χ0n) is 10.7. The summed E-state index contributed by atoms with van der Waals surface area (Å²) in [4.78, 5) is 1.93.